The highest BCUT2D eigenvalue weighted by atomic mass is 32.2. The molecule has 1 atom stereocenters. The van der Waals surface area contributed by atoms with E-state index in [0.29, 0.717) is 22.6 Å². The van der Waals surface area contributed by atoms with E-state index in [9.17, 15) is 0 Å². The average Bonchev–Trinajstić information content (AvgIpc) is 3.38. The van der Waals surface area contributed by atoms with Crippen molar-refractivity contribution in [2.24, 2.45) is 0 Å². The Hall–Kier alpha value is -3.20. The predicted molar refractivity (Wildman–Crippen MR) is 99.7 cm³/mol. The summed E-state index contributed by atoms with van der Waals surface area (Å²) in [5.74, 6) is 1.75. The molecular weight excluding hydrogens is 364 g/mol. The first-order valence-corrected chi connectivity index (χ1v) is 9.11. The molecule has 0 radical (unpaired) electrons. The SMILES string of the molecule is COc1ccccc1-n1nnnc1SC(C)c1nc(-c2ccccc2)no1. The van der Waals surface area contributed by atoms with Crippen molar-refractivity contribution in [1.29, 1.82) is 0 Å². The molecule has 0 bridgehead atoms. The summed E-state index contributed by atoms with van der Waals surface area (Å²) in [6, 6.07) is 17.2. The molecule has 8 nitrogen and oxygen atoms in total. The number of benzene rings is 2. The summed E-state index contributed by atoms with van der Waals surface area (Å²) in [6.07, 6.45) is 0. The van der Waals surface area contributed by atoms with Crippen LogP contribution in [0.5, 0.6) is 5.75 Å². The maximum absolute atomic E-state index is 5.44. The number of tetrazole rings is 1. The Labute approximate surface area is 159 Å². The number of nitrogens with zero attached hydrogens (tertiary/aromatic N) is 6. The standard InChI is InChI=1S/C18H16N6O2S/c1-12(17-19-16(21-26-17)13-8-4-3-5-9-13)27-18-20-22-23-24(18)14-10-6-7-11-15(14)25-2/h3-12H,1-2H3. The summed E-state index contributed by atoms with van der Waals surface area (Å²) in [7, 11) is 1.61. The van der Waals surface area contributed by atoms with Gasteiger partial charge in [-0.1, -0.05) is 59.4 Å². The van der Waals surface area contributed by atoms with Crippen LogP contribution in [0.2, 0.25) is 0 Å². The minimum Gasteiger partial charge on any atom is -0.494 e. The van der Waals surface area contributed by atoms with Gasteiger partial charge in [0.1, 0.15) is 11.4 Å². The second kappa shape index (κ2) is 7.58. The van der Waals surface area contributed by atoms with E-state index in [1.807, 2.05) is 61.5 Å². The van der Waals surface area contributed by atoms with Gasteiger partial charge in [0.2, 0.25) is 16.9 Å². The van der Waals surface area contributed by atoms with Gasteiger partial charge in [0, 0.05) is 5.56 Å². The van der Waals surface area contributed by atoms with Crippen LogP contribution in [0.4, 0.5) is 0 Å². The second-order valence-corrected chi connectivity index (χ2v) is 6.94. The highest BCUT2D eigenvalue weighted by Gasteiger charge is 2.21. The lowest BCUT2D eigenvalue weighted by Gasteiger charge is -2.10. The first kappa shape index (κ1) is 17.2. The predicted octanol–water partition coefficient (Wildman–Crippen LogP) is 3.57. The Balaban J connectivity index is 1.57. The number of ether oxygens (including phenoxy) is 1. The molecule has 4 aromatic rings. The summed E-state index contributed by atoms with van der Waals surface area (Å²) >= 11 is 1.43. The Morgan fingerprint density at radius 2 is 1.85 bits per heavy atom. The van der Waals surface area contributed by atoms with Gasteiger partial charge in [0.05, 0.1) is 12.4 Å². The largest absolute Gasteiger partial charge is 0.494 e. The molecule has 136 valence electrons. The van der Waals surface area contributed by atoms with Crippen LogP contribution in [0.15, 0.2) is 64.3 Å². The van der Waals surface area contributed by atoms with Crippen molar-refractivity contribution in [2.45, 2.75) is 17.3 Å². The van der Waals surface area contributed by atoms with Crippen molar-refractivity contribution in [3.05, 3.63) is 60.5 Å². The molecule has 0 saturated carbocycles. The van der Waals surface area contributed by atoms with Crippen molar-refractivity contribution in [2.75, 3.05) is 7.11 Å². The van der Waals surface area contributed by atoms with Gasteiger partial charge in [-0.15, -0.1) is 5.10 Å². The van der Waals surface area contributed by atoms with Gasteiger partial charge in [-0.05, 0) is 29.5 Å². The first-order chi connectivity index (χ1) is 13.3. The number of aromatic nitrogens is 6. The van der Waals surface area contributed by atoms with Gasteiger partial charge in [0.15, 0.2) is 0 Å². The molecule has 4 rings (SSSR count). The number of hydrogen-bond acceptors (Lipinski definition) is 8. The summed E-state index contributed by atoms with van der Waals surface area (Å²) in [5, 5.41) is 16.5. The van der Waals surface area contributed by atoms with Gasteiger partial charge >= 0.3 is 0 Å². The summed E-state index contributed by atoms with van der Waals surface area (Å²) < 4.78 is 12.5. The summed E-state index contributed by atoms with van der Waals surface area (Å²) in [4.78, 5) is 4.50. The molecule has 0 aliphatic carbocycles. The van der Waals surface area contributed by atoms with Crippen LogP contribution in [0.3, 0.4) is 0 Å². The van der Waals surface area contributed by atoms with E-state index >= 15 is 0 Å². The van der Waals surface area contributed by atoms with Gasteiger partial charge in [0.25, 0.3) is 0 Å². The van der Waals surface area contributed by atoms with Crippen LogP contribution in [0.25, 0.3) is 17.1 Å². The number of para-hydroxylation sites is 2. The number of methoxy groups -OCH3 is 1. The van der Waals surface area contributed by atoms with Crippen LogP contribution in [-0.2, 0) is 0 Å². The van der Waals surface area contributed by atoms with Crippen LogP contribution in [0.1, 0.15) is 18.1 Å². The Bertz CT molecular complexity index is 1030. The average molecular weight is 380 g/mol. The zero-order chi connectivity index (χ0) is 18.6. The van der Waals surface area contributed by atoms with Gasteiger partial charge in [-0.25, -0.2) is 0 Å². The van der Waals surface area contributed by atoms with Crippen molar-refractivity contribution in [1.82, 2.24) is 30.3 Å². The van der Waals surface area contributed by atoms with E-state index in [-0.39, 0.29) is 5.25 Å². The number of rotatable bonds is 6. The van der Waals surface area contributed by atoms with E-state index < -0.39 is 0 Å². The molecule has 1 unspecified atom stereocenters. The molecule has 0 saturated heterocycles. The molecule has 27 heavy (non-hydrogen) atoms. The van der Waals surface area contributed by atoms with Gasteiger partial charge in [-0.2, -0.15) is 9.67 Å². The molecule has 0 N–H and O–H groups in total. The fourth-order valence-electron chi connectivity index (χ4n) is 2.52. The van der Waals surface area contributed by atoms with E-state index in [2.05, 4.69) is 25.7 Å². The molecule has 2 aromatic heterocycles. The van der Waals surface area contributed by atoms with Gasteiger partial charge in [-0.3, -0.25) is 0 Å². The third-order valence-electron chi connectivity index (χ3n) is 3.86. The third-order valence-corrected chi connectivity index (χ3v) is 4.88. The lowest BCUT2D eigenvalue weighted by molar-refractivity contribution is 0.380. The summed E-state index contributed by atoms with van der Waals surface area (Å²) in [5.41, 5.74) is 1.67. The Morgan fingerprint density at radius 1 is 1.07 bits per heavy atom. The quantitative estimate of drug-likeness (QED) is 0.469. The molecule has 9 heteroatoms. The zero-order valence-electron chi connectivity index (χ0n) is 14.7. The molecule has 0 aliphatic rings. The number of thioether (sulfide) groups is 1. The molecular formula is C18H16N6O2S. The van der Waals surface area contributed by atoms with E-state index in [1.165, 1.54) is 11.8 Å². The molecule has 0 amide bonds. The number of hydrogen-bond donors (Lipinski definition) is 0. The second-order valence-electron chi connectivity index (χ2n) is 5.63. The molecule has 0 fully saturated rings. The minimum atomic E-state index is -0.130. The fourth-order valence-corrected chi connectivity index (χ4v) is 3.35. The fraction of sp³-hybridized carbons (Fsp3) is 0.167. The lowest BCUT2D eigenvalue weighted by Crippen LogP contribution is -2.02. The van der Waals surface area contributed by atoms with Gasteiger partial charge < -0.3 is 9.26 Å². The van der Waals surface area contributed by atoms with E-state index in [0.717, 1.165) is 11.3 Å². The van der Waals surface area contributed by atoms with E-state index in [1.54, 1.807) is 11.8 Å². The van der Waals surface area contributed by atoms with Crippen LogP contribution in [-0.4, -0.2) is 37.5 Å². The van der Waals surface area contributed by atoms with Crippen molar-refractivity contribution in [3.63, 3.8) is 0 Å². The normalized spacial score (nSPS) is 12.1. The summed E-state index contributed by atoms with van der Waals surface area (Å²) in [6.45, 7) is 1.97. The van der Waals surface area contributed by atoms with Crippen molar-refractivity contribution in [3.8, 4) is 22.8 Å². The first-order valence-electron chi connectivity index (χ1n) is 8.23. The minimum absolute atomic E-state index is 0.130. The molecule has 2 heterocycles. The van der Waals surface area contributed by atoms with Crippen molar-refractivity contribution >= 4 is 11.8 Å². The van der Waals surface area contributed by atoms with Crippen molar-refractivity contribution < 1.29 is 9.26 Å². The molecule has 2 aromatic carbocycles. The van der Waals surface area contributed by atoms with Crippen LogP contribution >= 0.6 is 11.8 Å². The van der Waals surface area contributed by atoms with Crippen LogP contribution in [0, 0.1) is 0 Å². The third kappa shape index (κ3) is 3.54. The van der Waals surface area contributed by atoms with Crippen LogP contribution < -0.4 is 4.74 Å². The maximum atomic E-state index is 5.44. The molecule has 0 aliphatic heterocycles. The zero-order valence-corrected chi connectivity index (χ0v) is 15.5. The highest BCUT2D eigenvalue weighted by molar-refractivity contribution is 7.99. The Morgan fingerprint density at radius 3 is 2.67 bits per heavy atom. The maximum Gasteiger partial charge on any atom is 0.240 e. The van der Waals surface area contributed by atoms with E-state index in [4.69, 9.17) is 9.26 Å². The topological polar surface area (TPSA) is 91.8 Å². The smallest absolute Gasteiger partial charge is 0.240 e. The lowest BCUT2D eigenvalue weighted by atomic mass is 10.2. The molecule has 0 spiro atoms. The highest BCUT2D eigenvalue weighted by Crippen LogP contribution is 2.35. The monoisotopic (exact) mass is 380 g/mol. The Kier molecular flexibility index (Phi) is 4.84.